The summed E-state index contributed by atoms with van der Waals surface area (Å²) < 4.78 is 0. The van der Waals surface area contributed by atoms with Crippen molar-refractivity contribution in [1.82, 2.24) is 4.98 Å². The van der Waals surface area contributed by atoms with Crippen molar-refractivity contribution in [2.24, 2.45) is 5.92 Å². The maximum Gasteiger partial charge on any atom is 0.287 e. The first-order chi connectivity index (χ1) is 10.2. The van der Waals surface area contributed by atoms with Crippen LogP contribution in [0.15, 0.2) is 48.7 Å². The fraction of sp³-hybridized carbons (Fsp3) is 0.312. The maximum atomic E-state index is 10.7. The van der Waals surface area contributed by atoms with Crippen molar-refractivity contribution in [1.29, 1.82) is 0 Å². The molecule has 106 valence electrons. The van der Waals surface area contributed by atoms with Crippen molar-refractivity contribution in [3.63, 3.8) is 0 Å². The Kier molecular flexibility index (Phi) is 2.51. The third kappa shape index (κ3) is 1.73. The fourth-order valence-electron chi connectivity index (χ4n) is 3.78. The Bertz CT molecular complexity index is 678. The van der Waals surface area contributed by atoms with Crippen LogP contribution < -0.4 is 4.90 Å². The van der Waals surface area contributed by atoms with Crippen molar-refractivity contribution in [2.75, 3.05) is 11.4 Å². The smallest absolute Gasteiger partial charge is 0.287 e. The Morgan fingerprint density at radius 2 is 1.95 bits per heavy atom. The van der Waals surface area contributed by atoms with Gasteiger partial charge in [0.05, 0.1) is 10.5 Å². The maximum absolute atomic E-state index is 10.7. The lowest BCUT2D eigenvalue weighted by molar-refractivity contribution is -0.385. The topological polar surface area (TPSA) is 59.3 Å². The van der Waals surface area contributed by atoms with Crippen molar-refractivity contribution < 1.29 is 4.92 Å². The van der Waals surface area contributed by atoms with Crippen LogP contribution >= 0.6 is 0 Å². The van der Waals surface area contributed by atoms with E-state index in [1.807, 2.05) is 6.07 Å². The molecule has 0 spiro atoms. The van der Waals surface area contributed by atoms with E-state index in [4.69, 9.17) is 0 Å². The van der Waals surface area contributed by atoms with E-state index < -0.39 is 4.92 Å². The van der Waals surface area contributed by atoms with E-state index in [0.29, 0.717) is 5.92 Å². The fourth-order valence-corrected chi connectivity index (χ4v) is 3.78. The minimum atomic E-state index is -0.409. The summed E-state index contributed by atoms with van der Waals surface area (Å²) in [6.07, 6.45) is 3.65. The molecule has 0 radical (unpaired) electrons. The number of anilines is 1. The second-order valence-electron chi connectivity index (χ2n) is 5.91. The first kappa shape index (κ1) is 12.3. The molecule has 5 heteroatoms. The monoisotopic (exact) mass is 281 g/mol. The van der Waals surface area contributed by atoms with Gasteiger partial charge in [-0.3, -0.25) is 10.1 Å². The van der Waals surface area contributed by atoms with Crippen LogP contribution in [0.3, 0.4) is 0 Å². The van der Waals surface area contributed by atoms with E-state index in [1.165, 1.54) is 17.8 Å². The van der Waals surface area contributed by atoms with E-state index in [-0.39, 0.29) is 11.2 Å². The minimum absolute atomic E-state index is 0.0368. The second-order valence-corrected chi connectivity index (χ2v) is 5.91. The molecule has 3 fully saturated rings. The summed E-state index contributed by atoms with van der Waals surface area (Å²) >= 11 is 0. The molecule has 2 aliphatic heterocycles. The molecule has 1 aromatic heterocycles. The molecule has 3 aliphatic rings. The van der Waals surface area contributed by atoms with E-state index >= 15 is 0 Å². The van der Waals surface area contributed by atoms with E-state index in [2.05, 4.69) is 34.1 Å². The number of rotatable bonds is 3. The van der Waals surface area contributed by atoms with Gasteiger partial charge < -0.3 is 4.90 Å². The number of aromatic nitrogens is 1. The highest BCUT2D eigenvalue weighted by Gasteiger charge is 2.57. The van der Waals surface area contributed by atoms with Gasteiger partial charge in [-0.15, -0.1) is 0 Å². The van der Waals surface area contributed by atoms with Gasteiger partial charge in [0.15, 0.2) is 0 Å². The highest BCUT2D eigenvalue weighted by molar-refractivity contribution is 5.53. The van der Waals surface area contributed by atoms with Gasteiger partial charge in [0, 0.05) is 12.6 Å². The van der Waals surface area contributed by atoms with Gasteiger partial charge in [-0.25, -0.2) is 4.98 Å². The van der Waals surface area contributed by atoms with Crippen LogP contribution in [0.2, 0.25) is 0 Å². The molecule has 1 aliphatic carbocycles. The van der Waals surface area contributed by atoms with Crippen LogP contribution in [0.25, 0.3) is 0 Å². The molecular weight excluding hydrogens is 266 g/mol. The standard InChI is InChI=1S/C16H15N3O2/c20-19(21)14-6-7-15(17-10-14)18-11-12-8-16(18,9-12)13-4-2-1-3-5-13/h1-7,10,12H,8-9,11H2. The molecule has 0 N–H and O–H groups in total. The zero-order valence-electron chi connectivity index (χ0n) is 11.5. The third-order valence-corrected chi connectivity index (χ3v) is 4.74. The number of hydrogen-bond acceptors (Lipinski definition) is 4. The summed E-state index contributed by atoms with van der Waals surface area (Å²) in [7, 11) is 0. The van der Waals surface area contributed by atoms with Gasteiger partial charge in [0.2, 0.25) is 0 Å². The normalized spacial score (nSPS) is 26.5. The summed E-state index contributed by atoms with van der Waals surface area (Å²) in [4.78, 5) is 17.0. The van der Waals surface area contributed by atoms with E-state index in [0.717, 1.165) is 25.2 Å². The molecule has 5 nitrogen and oxygen atoms in total. The minimum Gasteiger partial charge on any atom is -0.347 e. The molecule has 2 aromatic rings. The Labute approximate surface area is 122 Å². The van der Waals surface area contributed by atoms with Crippen LogP contribution in [0, 0.1) is 16.0 Å². The Hall–Kier alpha value is -2.43. The third-order valence-electron chi connectivity index (χ3n) is 4.74. The highest BCUT2D eigenvalue weighted by atomic mass is 16.6. The SMILES string of the molecule is O=[N+]([O-])c1ccc(N2CC3CC2(c2ccccc2)C3)nc1. The number of hydrogen-bond donors (Lipinski definition) is 0. The van der Waals surface area contributed by atoms with Gasteiger partial charge in [0.1, 0.15) is 12.0 Å². The largest absolute Gasteiger partial charge is 0.347 e. The van der Waals surface area contributed by atoms with Crippen LogP contribution in [0.4, 0.5) is 11.5 Å². The molecule has 1 saturated carbocycles. The molecule has 3 heterocycles. The second kappa shape index (κ2) is 4.28. The number of fused-ring (bicyclic) bond motifs is 1. The lowest BCUT2D eigenvalue weighted by Crippen LogP contribution is -2.43. The molecule has 21 heavy (non-hydrogen) atoms. The van der Waals surface area contributed by atoms with Crippen LogP contribution in [0.1, 0.15) is 18.4 Å². The summed E-state index contributed by atoms with van der Waals surface area (Å²) in [5.74, 6) is 1.55. The molecular formula is C16H15N3O2. The molecule has 1 aromatic carbocycles. The number of nitro groups is 1. The van der Waals surface area contributed by atoms with Gasteiger partial charge in [-0.05, 0) is 30.4 Å². The molecule has 2 saturated heterocycles. The molecule has 0 atom stereocenters. The lowest BCUT2D eigenvalue weighted by atomic mass is 9.69. The molecule has 2 bridgehead atoms. The van der Waals surface area contributed by atoms with E-state index in [9.17, 15) is 10.1 Å². The zero-order chi connectivity index (χ0) is 14.4. The first-order valence-electron chi connectivity index (χ1n) is 7.13. The lowest BCUT2D eigenvalue weighted by Gasteiger charge is -2.43. The Morgan fingerprint density at radius 1 is 1.19 bits per heavy atom. The first-order valence-corrected chi connectivity index (χ1v) is 7.13. The Balaban J connectivity index is 1.70. The van der Waals surface area contributed by atoms with Crippen LogP contribution in [0.5, 0.6) is 0 Å². The van der Waals surface area contributed by atoms with Crippen molar-refractivity contribution >= 4 is 11.5 Å². The molecule has 0 amide bonds. The number of nitrogens with zero attached hydrogens (tertiary/aromatic N) is 3. The molecule has 0 unspecified atom stereocenters. The number of benzene rings is 1. The van der Waals surface area contributed by atoms with Gasteiger partial charge in [-0.1, -0.05) is 30.3 Å². The average molecular weight is 281 g/mol. The van der Waals surface area contributed by atoms with Crippen molar-refractivity contribution in [2.45, 2.75) is 18.4 Å². The molecule has 5 rings (SSSR count). The summed E-state index contributed by atoms with van der Waals surface area (Å²) in [6.45, 7) is 0.986. The summed E-state index contributed by atoms with van der Waals surface area (Å²) in [6, 6.07) is 13.8. The van der Waals surface area contributed by atoms with Crippen molar-refractivity contribution in [3.8, 4) is 0 Å². The van der Waals surface area contributed by atoms with Gasteiger partial charge in [-0.2, -0.15) is 0 Å². The zero-order valence-corrected chi connectivity index (χ0v) is 11.5. The number of pyridine rings is 1. The average Bonchev–Trinajstić information content (AvgIpc) is 3.04. The Morgan fingerprint density at radius 3 is 2.57 bits per heavy atom. The van der Waals surface area contributed by atoms with Crippen LogP contribution in [-0.4, -0.2) is 16.5 Å². The summed E-state index contributed by atoms with van der Waals surface area (Å²) in [5, 5.41) is 10.7. The van der Waals surface area contributed by atoms with Gasteiger partial charge >= 0.3 is 0 Å². The van der Waals surface area contributed by atoms with E-state index in [1.54, 1.807) is 6.07 Å². The predicted octanol–water partition coefficient (Wildman–Crippen LogP) is 3.12. The quantitative estimate of drug-likeness (QED) is 0.640. The summed E-state index contributed by atoms with van der Waals surface area (Å²) in [5.41, 5.74) is 1.40. The van der Waals surface area contributed by atoms with Crippen LogP contribution in [-0.2, 0) is 5.54 Å². The van der Waals surface area contributed by atoms with Crippen molar-refractivity contribution in [3.05, 3.63) is 64.3 Å². The van der Waals surface area contributed by atoms with Gasteiger partial charge in [0.25, 0.3) is 5.69 Å². The predicted molar refractivity (Wildman–Crippen MR) is 79.1 cm³/mol. The highest BCUT2D eigenvalue weighted by Crippen LogP contribution is 2.57.